The summed E-state index contributed by atoms with van der Waals surface area (Å²) in [7, 11) is 1.88. The van der Waals surface area contributed by atoms with E-state index in [0.717, 1.165) is 15.7 Å². The van der Waals surface area contributed by atoms with Gasteiger partial charge in [0.15, 0.2) is 0 Å². The Labute approximate surface area is 113 Å². The molecule has 1 amide bonds. The number of rotatable bonds is 4. The Bertz CT molecular complexity index is 579. The van der Waals surface area contributed by atoms with E-state index in [-0.39, 0.29) is 0 Å². The number of aromatic nitrogens is 2. The molecule has 0 aliphatic rings. The number of halogens is 1. The summed E-state index contributed by atoms with van der Waals surface area (Å²) in [4.78, 5) is 11.1. The lowest BCUT2D eigenvalue weighted by atomic mass is 10.2. The van der Waals surface area contributed by atoms with Gasteiger partial charge in [-0.05, 0) is 30.8 Å². The van der Waals surface area contributed by atoms with Gasteiger partial charge in [-0.15, -0.1) is 0 Å². The maximum atomic E-state index is 11.1. The first-order valence-electron chi connectivity index (χ1n) is 5.39. The minimum atomic E-state index is -0.478. The Morgan fingerprint density at radius 3 is 2.94 bits per heavy atom. The molecule has 0 saturated heterocycles. The summed E-state index contributed by atoms with van der Waals surface area (Å²) < 4.78 is 2.65. The number of nitrogens with one attached hydrogen (secondary N) is 1. The molecule has 0 aliphatic carbocycles. The summed E-state index contributed by atoms with van der Waals surface area (Å²) >= 11 is 3.44. The van der Waals surface area contributed by atoms with Crippen molar-refractivity contribution < 1.29 is 4.79 Å². The summed E-state index contributed by atoms with van der Waals surface area (Å²) in [5.74, 6) is -0.478. The highest BCUT2D eigenvalue weighted by Gasteiger charge is 2.09. The van der Waals surface area contributed by atoms with Gasteiger partial charge in [-0.3, -0.25) is 4.79 Å². The molecule has 0 spiro atoms. The molecule has 18 heavy (non-hydrogen) atoms. The number of primary amides is 1. The van der Waals surface area contributed by atoms with Crippen LogP contribution >= 0.6 is 15.9 Å². The Kier molecular flexibility index (Phi) is 3.78. The van der Waals surface area contributed by atoms with Crippen LogP contribution in [0.3, 0.4) is 0 Å². The number of nitrogens with zero attached hydrogens (tertiary/aromatic N) is 2. The van der Waals surface area contributed by atoms with Gasteiger partial charge < -0.3 is 11.1 Å². The van der Waals surface area contributed by atoms with E-state index in [0.29, 0.717) is 12.1 Å². The molecule has 3 N–H and O–H groups in total. The van der Waals surface area contributed by atoms with Crippen molar-refractivity contribution in [1.29, 1.82) is 0 Å². The maximum Gasteiger partial charge on any atom is 0.251 e. The van der Waals surface area contributed by atoms with Gasteiger partial charge >= 0.3 is 0 Å². The zero-order valence-electron chi connectivity index (χ0n) is 9.85. The summed E-state index contributed by atoms with van der Waals surface area (Å²) in [5.41, 5.74) is 7.60. The second-order valence-electron chi connectivity index (χ2n) is 3.84. The third-order valence-electron chi connectivity index (χ3n) is 2.52. The van der Waals surface area contributed by atoms with Crippen LogP contribution in [0, 0.1) is 0 Å². The number of hydrogen-bond donors (Lipinski definition) is 2. The molecular weight excluding hydrogens is 296 g/mol. The normalized spacial score (nSPS) is 10.6. The second kappa shape index (κ2) is 5.32. The molecule has 1 aromatic heterocycles. The van der Waals surface area contributed by atoms with Gasteiger partial charge in [0.05, 0.1) is 17.4 Å². The van der Waals surface area contributed by atoms with Gasteiger partial charge in [-0.1, -0.05) is 15.9 Å². The lowest BCUT2D eigenvalue weighted by Crippen LogP contribution is -2.10. The largest absolute Gasteiger partial charge is 0.366 e. The van der Waals surface area contributed by atoms with Crippen molar-refractivity contribution in [2.24, 2.45) is 5.73 Å². The fraction of sp³-hybridized carbons (Fsp3) is 0.167. The zero-order chi connectivity index (χ0) is 13.1. The van der Waals surface area contributed by atoms with E-state index in [2.05, 4.69) is 26.3 Å². The maximum absolute atomic E-state index is 11.1. The average Bonchev–Trinajstić information content (AvgIpc) is 2.79. The van der Waals surface area contributed by atoms with Crippen molar-refractivity contribution in [3.8, 4) is 5.69 Å². The molecular formula is C12H13BrN4O. The lowest BCUT2D eigenvalue weighted by molar-refractivity contribution is 0.100. The highest BCUT2D eigenvalue weighted by molar-refractivity contribution is 9.10. The van der Waals surface area contributed by atoms with Gasteiger partial charge in [0.1, 0.15) is 0 Å². The molecule has 94 valence electrons. The van der Waals surface area contributed by atoms with Crippen LogP contribution in [0.4, 0.5) is 0 Å². The van der Waals surface area contributed by atoms with Gasteiger partial charge in [0.2, 0.25) is 0 Å². The Hall–Kier alpha value is -1.66. The van der Waals surface area contributed by atoms with Gasteiger partial charge in [-0.25, -0.2) is 4.68 Å². The zero-order valence-corrected chi connectivity index (χ0v) is 11.4. The highest BCUT2D eigenvalue weighted by atomic mass is 79.9. The van der Waals surface area contributed by atoms with Gasteiger partial charge in [-0.2, -0.15) is 5.10 Å². The van der Waals surface area contributed by atoms with Crippen molar-refractivity contribution in [3.05, 3.63) is 46.2 Å². The van der Waals surface area contributed by atoms with Crippen molar-refractivity contribution >= 4 is 21.8 Å². The van der Waals surface area contributed by atoms with E-state index >= 15 is 0 Å². The summed E-state index contributed by atoms with van der Waals surface area (Å²) in [5, 5.41) is 7.25. The molecule has 0 saturated carbocycles. The minimum absolute atomic E-state index is 0.397. The highest BCUT2D eigenvalue weighted by Crippen LogP contribution is 2.20. The molecule has 0 aliphatic heterocycles. The van der Waals surface area contributed by atoms with Crippen LogP contribution in [0.5, 0.6) is 0 Å². The van der Waals surface area contributed by atoms with E-state index in [4.69, 9.17) is 5.73 Å². The third-order valence-corrected chi connectivity index (χ3v) is 3.02. The van der Waals surface area contributed by atoms with E-state index in [1.54, 1.807) is 10.9 Å². The summed E-state index contributed by atoms with van der Waals surface area (Å²) in [6.45, 7) is 0.709. The Balaban J connectivity index is 2.45. The smallest absolute Gasteiger partial charge is 0.251 e. The number of nitrogens with two attached hydrogens (primary N) is 1. The number of amides is 1. The first kappa shape index (κ1) is 12.8. The van der Waals surface area contributed by atoms with Crippen molar-refractivity contribution in [3.63, 3.8) is 0 Å². The van der Waals surface area contributed by atoms with Gasteiger partial charge in [0.25, 0.3) is 5.91 Å². The fourth-order valence-electron chi connectivity index (χ4n) is 1.69. The molecule has 0 radical (unpaired) electrons. The van der Waals surface area contributed by atoms with Crippen LogP contribution in [0.25, 0.3) is 5.69 Å². The van der Waals surface area contributed by atoms with E-state index < -0.39 is 5.91 Å². The molecule has 6 heteroatoms. The number of carbonyl (C=O) groups is 1. The third kappa shape index (κ3) is 2.60. The van der Waals surface area contributed by atoms with E-state index in [9.17, 15) is 4.79 Å². The Morgan fingerprint density at radius 1 is 1.56 bits per heavy atom. The predicted molar refractivity (Wildman–Crippen MR) is 72.5 cm³/mol. The van der Waals surface area contributed by atoms with E-state index in [1.165, 1.54) is 6.20 Å². The molecule has 5 nitrogen and oxygen atoms in total. The monoisotopic (exact) mass is 308 g/mol. The van der Waals surface area contributed by atoms with Crippen molar-refractivity contribution in [2.45, 2.75) is 6.54 Å². The summed E-state index contributed by atoms with van der Waals surface area (Å²) in [6.07, 6.45) is 3.10. The minimum Gasteiger partial charge on any atom is -0.366 e. The summed E-state index contributed by atoms with van der Waals surface area (Å²) in [6, 6.07) is 5.88. The SMILES string of the molecule is CNCc1cc(Br)ccc1-n1cc(C(N)=O)cn1. The second-order valence-corrected chi connectivity index (χ2v) is 4.76. The first-order chi connectivity index (χ1) is 8.61. The number of benzene rings is 1. The number of hydrogen-bond acceptors (Lipinski definition) is 3. The van der Waals surface area contributed by atoms with Crippen LogP contribution < -0.4 is 11.1 Å². The first-order valence-corrected chi connectivity index (χ1v) is 6.19. The average molecular weight is 309 g/mol. The van der Waals surface area contributed by atoms with Crippen LogP contribution in [0.15, 0.2) is 35.1 Å². The molecule has 2 aromatic rings. The standard InChI is InChI=1S/C12H13BrN4O/c1-15-5-8-4-10(13)2-3-11(8)17-7-9(6-16-17)12(14)18/h2-4,6-7,15H,5H2,1H3,(H2,14,18). The molecule has 0 fully saturated rings. The van der Waals surface area contributed by atoms with E-state index in [1.807, 2.05) is 25.2 Å². The van der Waals surface area contributed by atoms with Crippen molar-refractivity contribution in [1.82, 2.24) is 15.1 Å². The van der Waals surface area contributed by atoms with Crippen LogP contribution in [0.1, 0.15) is 15.9 Å². The molecule has 2 rings (SSSR count). The van der Waals surface area contributed by atoms with Gasteiger partial charge in [0, 0.05) is 17.2 Å². The lowest BCUT2D eigenvalue weighted by Gasteiger charge is -2.09. The molecule has 0 unspecified atom stereocenters. The topological polar surface area (TPSA) is 72.9 Å². The quantitative estimate of drug-likeness (QED) is 0.898. The number of carbonyl (C=O) groups excluding carboxylic acids is 1. The molecule has 1 heterocycles. The predicted octanol–water partition coefficient (Wildman–Crippen LogP) is 1.45. The van der Waals surface area contributed by atoms with Crippen LogP contribution in [-0.2, 0) is 6.54 Å². The molecule has 0 atom stereocenters. The molecule has 1 aromatic carbocycles. The molecule has 0 bridgehead atoms. The van der Waals surface area contributed by atoms with Crippen LogP contribution in [-0.4, -0.2) is 22.7 Å². The van der Waals surface area contributed by atoms with Crippen molar-refractivity contribution in [2.75, 3.05) is 7.05 Å². The van der Waals surface area contributed by atoms with Crippen LogP contribution in [0.2, 0.25) is 0 Å². The Morgan fingerprint density at radius 2 is 2.33 bits per heavy atom. The fourth-order valence-corrected chi connectivity index (χ4v) is 2.10.